The van der Waals surface area contributed by atoms with E-state index in [1.165, 1.54) is 30.9 Å². The highest BCUT2D eigenvalue weighted by atomic mass is 28.3. The van der Waals surface area contributed by atoms with Gasteiger partial charge in [0, 0.05) is 7.11 Å². The second-order valence-electron chi connectivity index (χ2n) is 6.51. The number of unbranched alkanes of at least 4 members (excludes halogenated alkanes) is 4. The fourth-order valence-electron chi connectivity index (χ4n) is 3.07. The van der Waals surface area contributed by atoms with Crippen LogP contribution >= 0.6 is 0 Å². The van der Waals surface area contributed by atoms with Crippen molar-refractivity contribution >= 4 is 13.3 Å². The van der Waals surface area contributed by atoms with Crippen LogP contribution in [0.1, 0.15) is 45.4 Å². The SMILES string of the molecule is CCCCCCCC(O)C(OC)[Si](C)(C)c1ccccc1. The van der Waals surface area contributed by atoms with Crippen molar-refractivity contribution in [3.63, 3.8) is 0 Å². The van der Waals surface area contributed by atoms with Crippen LogP contribution in [0.4, 0.5) is 0 Å². The lowest BCUT2D eigenvalue weighted by atomic mass is 10.1. The Labute approximate surface area is 131 Å². The molecule has 0 bridgehead atoms. The van der Waals surface area contributed by atoms with Crippen molar-refractivity contribution in [1.82, 2.24) is 0 Å². The molecule has 21 heavy (non-hydrogen) atoms. The first kappa shape index (κ1) is 18.4. The summed E-state index contributed by atoms with van der Waals surface area (Å²) in [4.78, 5) is 0. The van der Waals surface area contributed by atoms with E-state index < -0.39 is 8.07 Å². The van der Waals surface area contributed by atoms with Crippen molar-refractivity contribution in [3.05, 3.63) is 30.3 Å². The van der Waals surface area contributed by atoms with Crippen LogP contribution in [0.15, 0.2) is 30.3 Å². The molecule has 0 heterocycles. The number of hydrogen-bond acceptors (Lipinski definition) is 2. The van der Waals surface area contributed by atoms with Gasteiger partial charge in [0.05, 0.1) is 11.8 Å². The van der Waals surface area contributed by atoms with Crippen LogP contribution in [0.5, 0.6) is 0 Å². The predicted molar refractivity (Wildman–Crippen MR) is 93.7 cm³/mol. The molecule has 1 aromatic carbocycles. The lowest BCUT2D eigenvalue weighted by Gasteiger charge is -2.35. The van der Waals surface area contributed by atoms with Crippen LogP contribution in [-0.4, -0.2) is 32.1 Å². The fraction of sp³-hybridized carbons (Fsp3) is 0.667. The second-order valence-corrected chi connectivity index (χ2v) is 11.1. The molecule has 1 N–H and O–H groups in total. The molecule has 0 aliphatic heterocycles. The molecular weight excluding hydrogens is 276 g/mol. The number of aliphatic hydroxyl groups is 1. The monoisotopic (exact) mass is 308 g/mol. The van der Waals surface area contributed by atoms with Crippen molar-refractivity contribution in [2.24, 2.45) is 0 Å². The molecule has 2 nitrogen and oxygen atoms in total. The van der Waals surface area contributed by atoms with Crippen molar-refractivity contribution in [2.75, 3.05) is 7.11 Å². The average Bonchev–Trinajstić information content (AvgIpc) is 2.48. The molecular formula is C18H32O2Si. The maximum atomic E-state index is 10.6. The standard InChI is InChI=1S/C18H32O2Si/c1-5-6-7-8-12-15-17(19)18(20-2)21(3,4)16-13-10-9-11-14-16/h9-11,13-14,17-19H,5-8,12,15H2,1-4H3. The zero-order valence-electron chi connectivity index (χ0n) is 14.1. The van der Waals surface area contributed by atoms with Crippen molar-refractivity contribution in [2.45, 2.75) is 70.4 Å². The van der Waals surface area contributed by atoms with E-state index in [0.717, 1.165) is 12.8 Å². The van der Waals surface area contributed by atoms with Gasteiger partial charge in [-0.3, -0.25) is 0 Å². The maximum Gasteiger partial charge on any atom is 0.116 e. The Morgan fingerprint density at radius 2 is 1.67 bits per heavy atom. The van der Waals surface area contributed by atoms with Gasteiger partial charge < -0.3 is 9.84 Å². The van der Waals surface area contributed by atoms with E-state index in [4.69, 9.17) is 4.74 Å². The first-order valence-electron chi connectivity index (χ1n) is 8.30. The van der Waals surface area contributed by atoms with Crippen LogP contribution in [0, 0.1) is 0 Å². The summed E-state index contributed by atoms with van der Waals surface area (Å²) in [7, 11) is -0.0808. The van der Waals surface area contributed by atoms with Gasteiger partial charge in [0.1, 0.15) is 8.07 Å². The first-order chi connectivity index (χ1) is 10.0. The summed E-state index contributed by atoms with van der Waals surface area (Å²) in [6.07, 6.45) is 6.66. The minimum atomic E-state index is -1.82. The second kappa shape index (κ2) is 9.39. The molecule has 3 heteroatoms. The Morgan fingerprint density at radius 3 is 2.24 bits per heavy atom. The molecule has 2 atom stereocenters. The van der Waals surface area contributed by atoms with Gasteiger partial charge in [-0.1, -0.05) is 87.6 Å². The molecule has 2 unspecified atom stereocenters. The van der Waals surface area contributed by atoms with Crippen molar-refractivity contribution in [3.8, 4) is 0 Å². The van der Waals surface area contributed by atoms with Gasteiger partial charge in [-0.25, -0.2) is 0 Å². The Morgan fingerprint density at radius 1 is 1.05 bits per heavy atom. The zero-order valence-corrected chi connectivity index (χ0v) is 15.1. The van der Waals surface area contributed by atoms with Gasteiger partial charge in [-0.2, -0.15) is 0 Å². The Bertz CT molecular complexity index is 378. The normalized spacial score (nSPS) is 14.9. The number of ether oxygens (including phenoxy) is 1. The van der Waals surface area contributed by atoms with E-state index in [0.29, 0.717) is 0 Å². The molecule has 1 rings (SSSR count). The number of methoxy groups -OCH3 is 1. The number of aliphatic hydroxyl groups excluding tert-OH is 1. The van der Waals surface area contributed by atoms with E-state index in [9.17, 15) is 5.11 Å². The van der Waals surface area contributed by atoms with Crippen molar-refractivity contribution in [1.29, 1.82) is 0 Å². The first-order valence-corrected chi connectivity index (χ1v) is 11.4. The van der Waals surface area contributed by atoms with E-state index >= 15 is 0 Å². The molecule has 0 fully saturated rings. The molecule has 0 amide bonds. The smallest absolute Gasteiger partial charge is 0.116 e. The highest BCUT2D eigenvalue weighted by molar-refractivity contribution is 6.91. The van der Waals surface area contributed by atoms with Crippen molar-refractivity contribution < 1.29 is 9.84 Å². The summed E-state index contributed by atoms with van der Waals surface area (Å²) in [6, 6.07) is 10.5. The average molecular weight is 309 g/mol. The number of rotatable bonds is 10. The van der Waals surface area contributed by atoms with Gasteiger partial charge >= 0.3 is 0 Å². The number of hydrogen-bond donors (Lipinski definition) is 1. The third-order valence-electron chi connectivity index (χ3n) is 4.44. The van der Waals surface area contributed by atoms with Gasteiger partial charge in [-0.15, -0.1) is 0 Å². The van der Waals surface area contributed by atoms with Crippen LogP contribution in [0.25, 0.3) is 0 Å². The molecule has 1 aromatic rings. The molecule has 0 spiro atoms. The Kier molecular flexibility index (Phi) is 8.23. The number of benzene rings is 1. The van der Waals surface area contributed by atoms with Crippen LogP contribution in [0.2, 0.25) is 13.1 Å². The zero-order chi connectivity index (χ0) is 15.7. The lowest BCUT2D eigenvalue weighted by Crippen LogP contribution is -2.58. The molecule has 0 saturated heterocycles. The quantitative estimate of drug-likeness (QED) is 0.525. The summed E-state index contributed by atoms with van der Waals surface area (Å²) < 4.78 is 5.72. The van der Waals surface area contributed by atoms with Gasteiger partial charge in [0.15, 0.2) is 0 Å². The van der Waals surface area contributed by atoms with E-state index in [-0.39, 0.29) is 11.8 Å². The third-order valence-corrected chi connectivity index (χ3v) is 8.30. The summed E-state index contributed by atoms with van der Waals surface area (Å²) in [5.74, 6) is 0. The molecule has 0 saturated carbocycles. The predicted octanol–water partition coefficient (Wildman–Crippen LogP) is 3.88. The highest BCUT2D eigenvalue weighted by Gasteiger charge is 2.38. The Hall–Kier alpha value is -0.643. The van der Waals surface area contributed by atoms with Crippen LogP contribution < -0.4 is 5.19 Å². The highest BCUT2D eigenvalue weighted by Crippen LogP contribution is 2.19. The molecule has 0 aromatic heterocycles. The largest absolute Gasteiger partial charge is 0.391 e. The van der Waals surface area contributed by atoms with Crippen LogP contribution in [0.3, 0.4) is 0 Å². The third kappa shape index (κ3) is 5.57. The molecule has 0 radical (unpaired) electrons. The Balaban J connectivity index is 2.59. The summed E-state index contributed by atoms with van der Waals surface area (Å²) in [6.45, 7) is 6.80. The minimum absolute atomic E-state index is 0.0360. The van der Waals surface area contributed by atoms with E-state index in [1.807, 2.05) is 6.07 Å². The summed E-state index contributed by atoms with van der Waals surface area (Å²) in [5, 5.41) is 11.9. The van der Waals surface area contributed by atoms with E-state index in [1.54, 1.807) is 7.11 Å². The van der Waals surface area contributed by atoms with Gasteiger partial charge in [0.25, 0.3) is 0 Å². The molecule has 120 valence electrons. The lowest BCUT2D eigenvalue weighted by molar-refractivity contribution is 0.0250. The summed E-state index contributed by atoms with van der Waals surface area (Å²) in [5.41, 5.74) is -0.0360. The van der Waals surface area contributed by atoms with Gasteiger partial charge in [-0.05, 0) is 6.42 Å². The van der Waals surface area contributed by atoms with Gasteiger partial charge in [0.2, 0.25) is 0 Å². The fourth-order valence-corrected chi connectivity index (χ4v) is 6.17. The summed E-state index contributed by atoms with van der Waals surface area (Å²) >= 11 is 0. The van der Waals surface area contributed by atoms with Crippen LogP contribution in [-0.2, 0) is 4.74 Å². The molecule has 0 aliphatic rings. The topological polar surface area (TPSA) is 29.5 Å². The molecule has 0 aliphatic carbocycles. The van der Waals surface area contributed by atoms with E-state index in [2.05, 4.69) is 44.3 Å². The minimum Gasteiger partial charge on any atom is -0.391 e. The maximum absolute atomic E-state index is 10.6.